The summed E-state index contributed by atoms with van der Waals surface area (Å²) in [5.41, 5.74) is 5.13. The lowest BCUT2D eigenvalue weighted by molar-refractivity contribution is -0.139. The number of nitrogens with two attached hydrogens (primary N) is 1. The van der Waals surface area contributed by atoms with Crippen LogP contribution in [0.4, 0.5) is 0 Å². The molecular weight excluding hydrogens is 234 g/mol. The van der Waals surface area contributed by atoms with Crippen LogP contribution in [-0.2, 0) is 14.3 Å². The Balaban J connectivity index is 2.38. The standard InChI is InChI=1S/C12H23N3O3/c1-3-4-12(17)15-5-6-18-10(8-15)7-14(2)9-11(13)16/h10H,3-9H2,1-2H3,(H2,13,16). The van der Waals surface area contributed by atoms with Gasteiger partial charge in [0.05, 0.1) is 19.3 Å². The number of nitrogens with zero attached hydrogens (tertiary/aromatic N) is 2. The normalized spacial score (nSPS) is 20.2. The van der Waals surface area contributed by atoms with Crippen molar-refractivity contribution in [3.8, 4) is 0 Å². The molecule has 1 heterocycles. The van der Waals surface area contributed by atoms with Gasteiger partial charge in [0.15, 0.2) is 0 Å². The summed E-state index contributed by atoms with van der Waals surface area (Å²) in [5, 5.41) is 0. The first-order valence-electron chi connectivity index (χ1n) is 6.39. The minimum atomic E-state index is -0.354. The Kier molecular flexibility index (Phi) is 6.07. The Morgan fingerprint density at radius 3 is 2.83 bits per heavy atom. The van der Waals surface area contributed by atoms with Gasteiger partial charge in [-0.25, -0.2) is 0 Å². The van der Waals surface area contributed by atoms with Crippen LogP contribution in [0.1, 0.15) is 19.8 Å². The zero-order chi connectivity index (χ0) is 13.5. The fourth-order valence-electron chi connectivity index (χ4n) is 2.11. The van der Waals surface area contributed by atoms with Crippen LogP contribution >= 0.6 is 0 Å². The van der Waals surface area contributed by atoms with E-state index in [1.807, 2.05) is 23.8 Å². The smallest absolute Gasteiger partial charge is 0.231 e. The third-order valence-corrected chi connectivity index (χ3v) is 2.90. The summed E-state index contributed by atoms with van der Waals surface area (Å²) in [6.07, 6.45) is 1.41. The molecule has 1 atom stereocenters. The molecule has 1 unspecified atom stereocenters. The van der Waals surface area contributed by atoms with Crippen molar-refractivity contribution in [2.45, 2.75) is 25.9 Å². The quantitative estimate of drug-likeness (QED) is 0.691. The lowest BCUT2D eigenvalue weighted by Crippen LogP contribution is -2.49. The molecule has 1 aliphatic rings. The molecule has 1 saturated heterocycles. The maximum atomic E-state index is 11.8. The number of primary amides is 1. The molecule has 0 aliphatic carbocycles. The van der Waals surface area contributed by atoms with Gasteiger partial charge in [0.1, 0.15) is 0 Å². The van der Waals surface area contributed by atoms with E-state index in [1.54, 1.807) is 0 Å². The van der Waals surface area contributed by atoms with Crippen molar-refractivity contribution in [2.75, 3.05) is 39.8 Å². The third kappa shape index (κ3) is 5.01. The maximum absolute atomic E-state index is 11.8. The number of carbonyl (C=O) groups is 2. The number of amides is 2. The summed E-state index contributed by atoms with van der Waals surface area (Å²) < 4.78 is 5.60. The van der Waals surface area contributed by atoms with E-state index >= 15 is 0 Å². The fourth-order valence-corrected chi connectivity index (χ4v) is 2.11. The van der Waals surface area contributed by atoms with Crippen molar-refractivity contribution >= 4 is 11.8 Å². The molecule has 0 aromatic heterocycles. The van der Waals surface area contributed by atoms with Gasteiger partial charge in [0.2, 0.25) is 11.8 Å². The highest BCUT2D eigenvalue weighted by Gasteiger charge is 2.24. The van der Waals surface area contributed by atoms with E-state index < -0.39 is 0 Å². The summed E-state index contributed by atoms with van der Waals surface area (Å²) >= 11 is 0. The average Bonchev–Trinajstić information content (AvgIpc) is 2.28. The molecule has 18 heavy (non-hydrogen) atoms. The van der Waals surface area contributed by atoms with Crippen LogP contribution in [0.3, 0.4) is 0 Å². The number of likely N-dealkylation sites (N-methyl/N-ethyl adjacent to an activating group) is 1. The molecule has 2 N–H and O–H groups in total. The van der Waals surface area contributed by atoms with Gasteiger partial charge in [-0.1, -0.05) is 6.92 Å². The number of hydrogen-bond acceptors (Lipinski definition) is 4. The highest BCUT2D eigenvalue weighted by Crippen LogP contribution is 2.08. The summed E-state index contributed by atoms with van der Waals surface area (Å²) in [7, 11) is 1.82. The second-order valence-electron chi connectivity index (χ2n) is 4.75. The molecule has 6 nitrogen and oxygen atoms in total. The molecule has 2 amide bonds. The minimum absolute atomic E-state index is 0.0380. The van der Waals surface area contributed by atoms with E-state index in [0.29, 0.717) is 32.7 Å². The van der Waals surface area contributed by atoms with E-state index in [1.165, 1.54) is 0 Å². The molecule has 1 aliphatic heterocycles. The van der Waals surface area contributed by atoms with Gasteiger partial charge in [-0.2, -0.15) is 0 Å². The minimum Gasteiger partial charge on any atom is -0.373 e. The van der Waals surface area contributed by atoms with Crippen LogP contribution < -0.4 is 5.73 Å². The monoisotopic (exact) mass is 257 g/mol. The Morgan fingerprint density at radius 1 is 1.50 bits per heavy atom. The first-order valence-corrected chi connectivity index (χ1v) is 6.39. The van der Waals surface area contributed by atoms with Crippen molar-refractivity contribution in [2.24, 2.45) is 5.73 Å². The van der Waals surface area contributed by atoms with Crippen LogP contribution in [0.5, 0.6) is 0 Å². The number of ether oxygens (including phenoxy) is 1. The highest BCUT2D eigenvalue weighted by molar-refractivity contribution is 5.76. The van der Waals surface area contributed by atoms with Crippen molar-refractivity contribution < 1.29 is 14.3 Å². The molecule has 0 aromatic carbocycles. The number of hydrogen-bond donors (Lipinski definition) is 1. The lowest BCUT2D eigenvalue weighted by atomic mass is 10.2. The van der Waals surface area contributed by atoms with Gasteiger partial charge >= 0.3 is 0 Å². The summed E-state index contributed by atoms with van der Waals surface area (Å²) in [4.78, 5) is 26.2. The zero-order valence-corrected chi connectivity index (χ0v) is 11.2. The molecule has 0 saturated carbocycles. The second-order valence-corrected chi connectivity index (χ2v) is 4.75. The Morgan fingerprint density at radius 2 is 2.22 bits per heavy atom. The van der Waals surface area contributed by atoms with Gasteiger partial charge in [0.25, 0.3) is 0 Å². The van der Waals surface area contributed by atoms with Crippen LogP contribution in [0.15, 0.2) is 0 Å². The van der Waals surface area contributed by atoms with E-state index in [2.05, 4.69) is 0 Å². The Bertz CT molecular complexity index is 296. The SMILES string of the molecule is CCCC(=O)N1CCOC(CN(C)CC(N)=O)C1. The Labute approximate surface area is 108 Å². The van der Waals surface area contributed by atoms with Crippen LogP contribution in [0, 0.1) is 0 Å². The number of morpholine rings is 1. The van der Waals surface area contributed by atoms with Crippen molar-refractivity contribution in [1.29, 1.82) is 0 Å². The predicted molar refractivity (Wildman–Crippen MR) is 67.9 cm³/mol. The van der Waals surface area contributed by atoms with E-state index in [4.69, 9.17) is 10.5 Å². The van der Waals surface area contributed by atoms with Crippen LogP contribution in [0.25, 0.3) is 0 Å². The molecule has 104 valence electrons. The van der Waals surface area contributed by atoms with E-state index in [0.717, 1.165) is 6.42 Å². The number of carbonyl (C=O) groups excluding carboxylic acids is 2. The van der Waals surface area contributed by atoms with Gasteiger partial charge in [0, 0.05) is 26.1 Å². The van der Waals surface area contributed by atoms with Gasteiger partial charge in [-0.3, -0.25) is 14.5 Å². The highest BCUT2D eigenvalue weighted by atomic mass is 16.5. The fraction of sp³-hybridized carbons (Fsp3) is 0.833. The maximum Gasteiger partial charge on any atom is 0.231 e. The molecular formula is C12H23N3O3. The molecule has 1 rings (SSSR count). The summed E-state index contributed by atoms with van der Waals surface area (Å²) in [6, 6.07) is 0. The summed E-state index contributed by atoms with van der Waals surface area (Å²) in [6.45, 7) is 4.64. The molecule has 0 spiro atoms. The van der Waals surface area contributed by atoms with Gasteiger partial charge in [-0.05, 0) is 13.5 Å². The van der Waals surface area contributed by atoms with Crippen LogP contribution in [0.2, 0.25) is 0 Å². The molecule has 1 fully saturated rings. The van der Waals surface area contributed by atoms with E-state index in [-0.39, 0.29) is 24.5 Å². The Hall–Kier alpha value is -1.14. The topological polar surface area (TPSA) is 75.9 Å². The molecule has 0 aromatic rings. The third-order valence-electron chi connectivity index (χ3n) is 2.90. The summed E-state index contributed by atoms with van der Waals surface area (Å²) in [5.74, 6) is -0.171. The average molecular weight is 257 g/mol. The molecule has 6 heteroatoms. The van der Waals surface area contributed by atoms with E-state index in [9.17, 15) is 9.59 Å². The lowest BCUT2D eigenvalue weighted by Gasteiger charge is -2.34. The van der Waals surface area contributed by atoms with Gasteiger partial charge in [-0.15, -0.1) is 0 Å². The zero-order valence-electron chi connectivity index (χ0n) is 11.2. The van der Waals surface area contributed by atoms with Crippen molar-refractivity contribution in [1.82, 2.24) is 9.80 Å². The van der Waals surface area contributed by atoms with Crippen molar-refractivity contribution in [3.63, 3.8) is 0 Å². The van der Waals surface area contributed by atoms with Gasteiger partial charge < -0.3 is 15.4 Å². The molecule has 0 bridgehead atoms. The second kappa shape index (κ2) is 7.33. The number of rotatable bonds is 6. The largest absolute Gasteiger partial charge is 0.373 e. The first kappa shape index (κ1) is 14.9. The van der Waals surface area contributed by atoms with Crippen LogP contribution in [-0.4, -0.2) is 67.6 Å². The predicted octanol–water partition coefficient (Wildman–Crippen LogP) is -0.569. The molecule has 0 radical (unpaired) electrons. The first-order chi connectivity index (χ1) is 8.52. The van der Waals surface area contributed by atoms with Crippen molar-refractivity contribution in [3.05, 3.63) is 0 Å².